The molecule has 4 nitrogen and oxygen atoms in total. The van der Waals surface area contributed by atoms with E-state index in [2.05, 4.69) is 42.0 Å². The molecular weight excluding hydrogens is 405 g/mol. The molecule has 0 saturated carbocycles. The fourth-order valence-corrected chi connectivity index (χ4v) is 2.67. The molecule has 106 valence electrons. The number of rotatable bonds is 2. The van der Waals surface area contributed by atoms with Gasteiger partial charge < -0.3 is 10.3 Å². The molecule has 1 heterocycles. The van der Waals surface area contributed by atoms with E-state index in [1.54, 1.807) is 18.2 Å². The van der Waals surface area contributed by atoms with Gasteiger partial charge in [0, 0.05) is 20.2 Å². The number of anilines is 1. The number of hydrogen-bond donors (Lipinski definition) is 1. The Morgan fingerprint density at radius 2 is 1.86 bits per heavy atom. The van der Waals surface area contributed by atoms with Gasteiger partial charge in [0.25, 0.3) is 5.89 Å². The first kappa shape index (κ1) is 14.2. The van der Waals surface area contributed by atoms with Gasteiger partial charge in [-0.2, -0.15) is 4.98 Å². The highest BCUT2D eigenvalue weighted by Gasteiger charge is 2.14. The summed E-state index contributed by atoms with van der Waals surface area (Å²) < 4.78 is 20.1. The monoisotopic (exact) mass is 411 g/mol. The summed E-state index contributed by atoms with van der Waals surface area (Å²) in [6.07, 6.45) is 0. The first-order chi connectivity index (χ1) is 10.0. The van der Waals surface area contributed by atoms with Crippen molar-refractivity contribution in [3.8, 4) is 22.8 Å². The van der Waals surface area contributed by atoms with Crippen LogP contribution in [0.5, 0.6) is 0 Å². The first-order valence-electron chi connectivity index (χ1n) is 5.88. The Morgan fingerprint density at radius 3 is 2.62 bits per heavy atom. The average molecular weight is 413 g/mol. The fraction of sp³-hybridized carbons (Fsp3) is 0. The van der Waals surface area contributed by atoms with E-state index in [0.717, 1.165) is 4.47 Å². The molecule has 0 atom stereocenters. The third kappa shape index (κ3) is 2.98. The van der Waals surface area contributed by atoms with Crippen LogP contribution in [0.2, 0.25) is 0 Å². The Kier molecular flexibility index (Phi) is 3.77. The second kappa shape index (κ2) is 5.57. The molecule has 1 aromatic heterocycles. The summed E-state index contributed by atoms with van der Waals surface area (Å²) in [5.41, 5.74) is 7.57. The summed E-state index contributed by atoms with van der Waals surface area (Å²) in [7, 11) is 0. The van der Waals surface area contributed by atoms with E-state index in [9.17, 15) is 4.39 Å². The lowest BCUT2D eigenvalue weighted by molar-refractivity contribution is 0.432. The molecule has 0 aliphatic heterocycles. The second-order valence-electron chi connectivity index (χ2n) is 4.31. The van der Waals surface area contributed by atoms with Crippen LogP contribution >= 0.6 is 31.9 Å². The van der Waals surface area contributed by atoms with Crippen molar-refractivity contribution < 1.29 is 8.91 Å². The third-order valence-electron chi connectivity index (χ3n) is 2.79. The zero-order valence-electron chi connectivity index (χ0n) is 10.5. The Bertz CT molecular complexity index is 799. The summed E-state index contributed by atoms with van der Waals surface area (Å²) in [5.74, 6) is 0.196. The zero-order chi connectivity index (χ0) is 15.0. The summed E-state index contributed by atoms with van der Waals surface area (Å²) in [4.78, 5) is 4.27. The predicted octanol–water partition coefficient (Wildman–Crippen LogP) is 4.65. The molecule has 0 bridgehead atoms. The van der Waals surface area contributed by atoms with Crippen molar-refractivity contribution in [2.45, 2.75) is 0 Å². The third-order valence-corrected chi connectivity index (χ3v) is 3.74. The van der Waals surface area contributed by atoms with Crippen molar-refractivity contribution in [2.24, 2.45) is 0 Å². The molecule has 0 amide bonds. The van der Waals surface area contributed by atoms with E-state index in [4.69, 9.17) is 10.3 Å². The number of nitrogen functional groups attached to an aromatic ring is 1. The van der Waals surface area contributed by atoms with E-state index >= 15 is 0 Å². The second-order valence-corrected chi connectivity index (χ2v) is 6.14. The summed E-state index contributed by atoms with van der Waals surface area (Å²) in [6, 6.07) is 9.75. The van der Waals surface area contributed by atoms with Gasteiger partial charge in [-0.05, 0) is 36.4 Å². The highest BCUT2D eigenvalue weighted by atomic mass is 79.9. The summed E-state index contributed by atoms with van der Waals surface area (Å²) in [5, 5.41) is 3.87. The van der Waals surface area contributed by atoms with Gasteiger partial charge >= 0.3 is 0 Å². The Labute approximate surface area is 136 Å². The molecule has 0 fully saturated rings. The Hall–Kier alpha value is -1.73. The molecule has 21 heavy (non-hydrogen) atoms. The van der Waals surface area contributed by atoms with Crippen molar-refractivity contribution >= 4 is 37.5 Å². The number of halogens is 3. The minimum atomic E-state index is -0.382. The Morgan fingerprint density at radius 1 is 1.05 bits per heavy atom. The highest BCUT2D eigenvalue weighted by molar-refractivity contribution is 9.10. The van der Waals surface area contributed by atoms with Crippen LogP contribution < -0.4 is 5.73 Å². The van der Waals surface area contributed by atoms with Crippen LogP contribution in [-0.2, 0) is 0 Å². The van der Waals surface area contributed by atoms with Crippen LogP contribution in [0.25, 0.3) is 22.8 Å². The highest BCUT2D eigenvalue weighted by Crippen LogP contribution is 2.30. The number of nitrogens with zero attached hydrogens (tertiary/aromatic N) is 2. The van der Waals surface area contributed by atoms with Crippen molar-refractivity contribution in [3.05, 3.63) is 51.2 Å². The molecule has 3 rings (SSSR count). The van der Waals surface area contributed by atoms with Gasteiger partial charge in [-0.3, -0.25) is 0 Å². The molecule has 2 aromatic carbocycles. The van der Waals surface area contributed by atoms with Gasteiger partial charge in [0.1, 0.15) is 5.82 Å². The van der Waals surface area contributed by atoms with Crippen molar-refractivity contribution in [1.29, 1.82) is 0 Å². The standard InChI is InChI=1S/C14H8Br2FN3O/c15-8-1-2-12(18)11(6-8)14-19-13(20-21-14)7-3-9(16)5-10(17)4-7/h1-6H,18H2. The van der Waals surface area contributed by atoms with Crippen LogP contribution in [0.1, 0.15) is 0 Å². The maximum atomic E-state index is 13.4. The average Bonchev–Trinajstić information content (AvgIpc) is 2.90. The zero-order valence-corrected chi connectivity index (χ0v) is 13.7. The molecule has 0 aliphatic carbocycles. The molecule has 3 aromatic rings. The van der Waals surface area contributed by atoms with Crippen LogP contribution in [0.3, 0.4) is 0 Å². The number of hydrogen-bond acceptors (Lipinski definition) is 4. The number of benzene rings is 2. The molecule has 0 spiro atoms. The quantitative estimate of drug-likeness (QED) is 0.622. The summed E-state index contributed by atoms with van der Waals surface area (Å²) in [6.45, 7) is 0. The predicted molar refractivity (Wildman–Crippen MR) is 84.9 cm³/mol. The van der Waals surface area contributed by atoms with E-state index in [-0.39, 0.29) is 11.7 Å². The fourth-order valence-electron chi connectivity index (χ4n) is 1.85. The molecule has 0 saturated heterocycles. The van der Waals surface area contributed by atoms with Gasteiger partial charge in [0.2, 0.25) is 5.82 Å². The molecular formula is C14H8Br2FN3O. The topological polar surface area (TPSA) is 64.9 Å². The van der Waals surface area contributed by atoms with Gasteiger partial charge in [-0.15, -0.1) is 0 Å². The lowest BCUT2D eigenvalue weighted by Gasteiger charge is -2.00. The van der Waals surface area contributed by atoms with Gasteiger partial charge in [0.05, 0.1) is 5.56 Å². The van der Waals surface area contributed by atoms with E-state index in [1.165, 1.54) is 12.1 Å². The van der Waals surface area contributed by atoms with Crippen LogP contribution in [0, 0.1) is 5.82 Å². The maximum absolute atomic E-state index is 13.4. The molecule has 0 aliphatic rings. The van der Waals surface area contributed by atoms with Crippen molar-refractivity contribution in [2.75, 3.05) is 5.73 Å². The first-order valence-corrected chi connectivity index (χ1v) is 7.47. The van der Waals surface area contributed by atoms with E-state index in [0.29, 0.717) is 27.1 Å². The van der Waals surface area contributed by atoms with E-state index in [1.807, 2.05) is 6.07 Å². The maximum Gasteiger partial charge on any atom is 0.260 e. The van der Waals surface area contributed by atoms with Crippen LogP contribution in [0.15, 0.2) is 49.9 Å². The normalized spacial score (nSPS) is 10.8. The minimum Gasteiger partial charge on any atom is -0.398 e. The smallest absolute Gasteiger partial charge is 0.260 e. The molecule has 7 heteroatoms. The number of aromatic nitrogens is 2. The van der Waals surface area contributed by atoms with Gasteiger partial charge in [-0.1, -0.05) is 37.0 Å². The van der Waals surface area contributed by atoms with Gasteiger partial charge in [-0.25, -0.2) is 4.39 Å². The summed E-state index contributed by atoms with van der Waals surface area (Å²) >= 11 is 6.59. The van der Waals surface area contributed by atoms with Crippen molar-refractivity contribution in [3.63, 3.8) is 0 Å². The van der Waals surface area contributed by atoms with Crippen LogP contribution in [0.4, 0.5) is 10.1 Å². The Balaban J connectivity index is 2.05. The van der Waals surface area contributed by atoms with E-state index < -0.39 is 0 Å². The van der Waals surface area contributed by atoms with Gasteiger partial charge in [0.15, 0.2) is 0 Å². The molecule has 0 radical (unpaired) electrons. The van der Waals surface area contributed by atoms with Crippen molar-refractivity contribution in [1.82, 2.24) is 10.1 Å². The lowest BCUT2D eigenvalue weighted by Crippen LogP contribution is -1.90. The number of nitrogens with two attached hydrogens (primary N) is 1. The largest absolute Gasteiger partial charge is 0.398 e. The molecule has 2 N–H and O–H groups in total. The minimum absolute atomic E-state index is 0.282. The SMILES string of the molecule is Nc1ccc(Br)cc1-c1nc(-c2cc(F)cc(Br)c2)no1. The van der Waals surface area contributed by atoms with Crippen LogP contribution in [-0.4, -0.2) is 10.1 Å². The lowest BCUT2D eigenvalue weighted by atomic mass is 10.2. The molecule has 0 unspecified atom stereocenters.